The van der Waals surface area contributed by atoms with E-state index in [1.54, 1.807) is 0 Å². The van der Waals surface area contributed by atoms with Crippen molar-refractivity contribution in [2.24, 2.45) is 0 Å². The van der Waals surface area contributed by atoms with E-state index in [-0.39, 0.29) is 0 Å². The first-order valence-corrected chi connectivity index (χ1v) is 7.72. The first kappa shape index (κ1) is 15.4. The zero-order valence-corrected chi connectivity index (χ0v) is 13.7. The predicted molar refractivity (Wildman–Crippen MR) is 87.3 cm³/mol. The molecule has 20 heavy (non-hydrogen) atoms. The Hall–Kier alpha value is -1.03. The Morgan fingerprint density at radius 3 is 2.45 bits per heavy atom. The minimum absolute atomic E-state index is 0.543. The van der Waals surface area contributed by atoms with E-state index in [9.17, 15) is 0 Å². The van der Waals surface area contributed by atoms with Gasteiger partial charge in [-0.2, -0.15) is 0 Å². The third-order valence-corrected chi connectivity index (χ3v) is 3.75. The molecule has 1 N–H and O–H groups in total. The van der Waals surface area contributed by atoms with Gasteiger partial charge in [-0.05, 0) is 51.8 Å². The van der Waals surface area contributed by atoms with Crippen LogP contribution in [0, 0.1) is 0 Å². The van der Waals surface area contributed by atoms with E-state index in [4.69, 9.17) is 16.3 Å². The van der Waals surface area contributed by atoms with Crippen molar-refractivity contribution in [3.05, 3.63) is 63.1 Å². The first-order valence-electron chi connectivity index (χ1n) is 6.55. The highest BCUT2D eigenvalue weighted by molar-refractivity contribution is 9.10. The molecule has 0 aromatic heterocycles. The van der Waals surface area contributed by atoms with Gasteiger partial charge in [0, 0.05) is 11.6 Å². The van der Waals surface area contributed by atoms with E-state index in [0.29, 0.717) is 11.6 Å². The monoisotopic (exact) mass is 353 g/mol. The molecule has 0 fully saturated rings. The molecule has 2 aromatic carbocycles. The molecule has 106 valence electrons. The molecule has 0 atom stereocenters. The summed E-state index contributed by atoms with van der Waals surface area (Å²) in [6.45, 7) is 4.53. The number of hydrogen-bond acceptors (Lipinski definition) is 2. The number of benzene rings is 2. The highest BCUT2D eigenvalue weighted by atomic mass is 79.9. The Kier molecular flexibility index (Phi) is 5.89. The van der Waals surface area contributed by atoms with E-state index in [2.05, 4.69) is 52.4 Å². The largest absolute Gasteiger partial charge is 0.488 e. The van der Waals surface area contributed by atoms with E-state index in [0.717, 1.165) is 28.9 Å². The molecule has 0 radical (unpaired) electrons. The van der Waals surface area contributed by atoms with Crippen molar-refractivity contribution in [2.75, 3.05) is 6.54 Å². The second-order valence-electron chi connectivity index (χ2n) is 4.46. The molecule has 2 aromatic rings. The van der Waals surface area contributed by atoms with Gasteiger partial charge in [-0.25, -0.2) is 0 Å². The Bertz CT molecular complexity index is 557. The van der Waals surface area contributed by atoms with Gasteiger partial charge in [0.05, 0.1) is 4.47 Å². The van der Waals surface area contributed by atoms with Gasteiger partial charge in [-0.1, -0.05) is 42.8 Å². The maximum Gasteiger partial charge on any atom is 0.134 e. The van der Waals surface area contributed by atoms with Crippen molar-refractivity contribution < 1.29 is 4.74 Å². The Morgan fingerprint density at radius 1 is 1.10 bits per heavy atom. The lowest BCUT2D eigenvalue weighted by Crippen LogP contribution is -2.11. The van der Waals surface area contributed by atoms with Gasteiger partial charge < -0.3 is 10.1 Å². The van der Waals surface area contributed by atoms with Gasteiger partial charge in [0.2, 0.25) is 0 Å². The van der Waals surface area contributed by atoms with Crippen molar-refractivity contribution in [1.82, 2.24) is 5.32 Å². The lowest BCUT2D eigenvalue weighted by molar-refractivity contribution is 0.304. The highest BCUT2D eigenvalue weighted by Gasteiger charge is 2.02. The molecule has 0 saturated carbocycles. The molecule has 0 spiro atoms. The lowest BCUT2D eigenvalue weighted by Gasteiger charge is -2.09. The summed E-state index contributed by atoms with van der Waals surface area (Å²) < 4.78 is 6.65. The predicted octanol–water partition coefficient (Wildman–Crippen LogP) is 4.79. The summed E-state index contributed by atoms with van der Waals surface area (Å²) in [5.41, 5.74) is 2.43. The Balaban J connectivity index is 1.93. The van der Waals surface area contributed by atoms with Crippen molar-refractivity contribution in [2.45, 2.75) is 20.1 Å². The Labute approximate surface area is 133 Å². The van der Waals surface area contributed by atoms with Gasteiger partial charge in [0.15, 0.2) is 0 Å². The second-order valence-corrected chi connectivity index (χ2v) is 5.75. The quantitative estimate of drug-likeness (QED) is 0.805. The van der Waals surface area contributed by atoms with E-state index >= 15 is 0 Å². The summed E-state index contributed by atoms with van der Waals surface area (Å²) in [7, 11) is 0. The number of rotatable bonds is 6. The standard InChI is InChI=1S/C16H17BrClNO/c1-2-19-10-12-3-5-13(6-4-12)11-20-16-8-7-14(18)9-15(16)17/h3-9,19H,2,10-11H2,1H3. The van der Waals surface area contributed by atoms with Crippen LogP contribution >= 0.6 is 27.5 Å². The smallest absolute Gasteiger partial charge is 0.134 e. The summed E-state index contributed by atoms with van der Waals surface area (Å²) in [6, 6.07) is 14.0. The minimum atomic E-state index is 0.543. The molecular weight excluding hydrogens is 338 g/mol. The fraction of sp³-hybridized carbons (Fsp3) is 0.250. The van der Waals surface area contributed by atoms with Crippen LogP contribution in [0.1, 0.15) is 18.1 Å². The molecule has 0 bridgehead atoms. The van der Waals surface area contributed by atoms with Crippen LogP contribution in [0.5, 0.6) is 5.75 Å². The second kappa shape index (κ2) is 7.67. The number of halogens is 2. The van der Waals surface area contributed by atoms with E-state index < -0.39 is 0 Å². The zero-order chi connectivity index (χ0) is 14.4. The number of nitrogens with one attached hydrogen (secondary N) is 1. The van der Waals surface area contributed by atoms with Crippen LogP contribution in [0.2, 0.25) is 5.02 Å². The average molecular weight is 355 g/mol. The van der Waals surface area contributed by atoms with Gasteiger partial charge in [-0.15, -0.1) is 0 Å². The molecule has 2 nitrogen and oxygen atoms in total. The maximum absolute atomic E-state index is 5.90. The van der Waals surface area contributed by atoms with Crippen LogP contribution in [0.15, 0.2) is 46.9 Å². The number of hydrogen-bond donors (Lipinski definition) is 1. The van der Waals surface area contributed by atoms with Crippen LogP contribution in [-0.2, 0) is 13.2 Å². The van der Waals surface area contributed by atoms with Gasteiger partial charge in [-0.3, -0.25) is 0 Å². The van der Waals surface area contributed by atoms with Crippen molar-refractivity contribution in [3.8, 4) is 5.75 Å². The average Bonchev–Trinajstić information content (AvgIpc) is 2.45. The molecule has 0 heterocycles. The van der Waals surface area contributed by atoms with Gasteiger partial charge >= 0.3 is 0 Å². The summed E-state index contributed by atoms with van der Waals surface area (Å²) >= 11 is 9.34. The summed E-state index contributed by atoms with van der Waals surface area (Å²) in [5, 5.41) is 4.00. The lowest BCUT2D eigenvalue weighted by atomic mass is 10.1. The van der Waals surface area contributed by atoms with Crippen LogP contribution in [0.3, 0.4) is 0 Å². The van der Waals surface area contributed by atoms with Gasteiger partial charge in [0.1, 0.15) is 12.4 Å². The summed E-state index contributed by atoms with van der Waals surface area (Å²) in [4.78, 5) is 0. The molecule has 4 heteroatoms. The van der Waals surface area contributed by atoms with Crippen molar-refractivity contribution >= 4 is 27.5 Å². The molecule has 0 saturated heterocycles. The highest BCUT2D eigenvalue weighted by Crippen LogP contribution is 2.28. The molecule has 0 unspecified atom stereocenters. The van der Waals surface area contributed by atoms with Crippen molar-refractivity contribution in [1.29, 1.82) is 0 Å². The molecule has 0 aliphatic carbocycles. The van der Waals surface area contributed by atoms with E-state index in [1.165, 1.54) is 5.56 Å². The van der Waals surface area contributed by atoms with Crippen molar-refractivity contribution in [3.63, 3.8) is 0 Å². The molecule has 2 rings (SSSR count). The molecular formula is C16H17BrClNO. The third-order valence-electron chi connectivity index (χ3n) is 2.89. The van der Waals surface area contributed by atoms with E-state index in [1.807, 2.05) is 18.2 Å². The minimum Gasteiger partial charge on any atom is -0.488 e. The number of ether oxygens (including phenoxy) is 1. The fourth-order valence-corrected chi connectivity index (χ4v) is 2.57. The topological polar surface area (TPSA) is 21.3 Å². The summed E-state index contributed by atoms with van der Waals surface area (Å²) in [6.07, 6.45) is 0. The Morgan fingerprint density at radius 2 is 1.80 bits per heavy atom. The molecule has 0 amide bonds. The van der Waals surface area contributed by atoms with Crippen LogP contribution in [0.25, 0.3) is 0 Å². The van der Waals surface area contributed by atoms with Crippen LogP contribution < -0.4 is 10.1 Å². The third kappa shape index (κ3) is 4.51. The zero-order valence-electron chi connectivity index (χ0n) is 11.3. The molecule has 0 aliphatic heterocycles. The van der Waals surface area contributed by atoms with Crippen LogP contribution in [-0.4, -0.2) is 6.54 Å². The summed E-state index contributed by atoms with van der Waals surface area (Å²) in [5.74, 6) is 0.797. The SMILES string of the molecule is CCNCc1ccc(COc2ccc(Cl)cc2Br)cc1. The van der Waals surface area contributed by atoms with Gasteiger partial charge in [0.25, 0.3) is 0 Å². The first-order chi connectivity index (χ1) is 9.69. The molecule has 0 aliphatic rings. The normalized spacial score (nSPS) is 10.6. The maximum atomic E-state index is 5.90. The van der Waals surface area contributed by atoms with Crippen LogP contribution in [0.4, 0.5) is 0 Å². The fourth-order valence-electron chi connectivity index (χ4n) is 1.78.